The molecule has 33 heavy (non-hydrogen) atoms. The van der Waals surface area contributed by atoms with Gasteiger partial charge in [-0.05, 0) is 45.0 Å². The fraction of sp³-hybridized carbons (Fsp3) is 0.455. The molecule has 0 spiro atoms. The third-order valence-corrected chi connectivity index (χ3v) is 3.62. The predicted octanol–water partition coefficient (Wildman–Crippen LogP) is 0.369. The van der Waals surface area contributed by atoms with E-state index in [-0.39, 0.29) is 51.3 Å². The molecule has 0 saturated carbocycles. The number of ether oxygens (including phenoxy) is 2. The first kappa shape index (κ1) is 27.4. The molecule has 0 radical (unpaired) electrons. The van der Waals surface area contributed by atoms with Crippen LogP contribution in [0.1, 0.15) is 41.5 Å². The molecule has 0 aliphatic heterocycles. The maximum absolute atomic E-state index is 12.1. The molecule has 11 heteroatoms. The summed E-state index contributed by atoms with van der Waals surface area (Å²) in [5, 5.41) is 7.77. The van der Waals surface area contributed by atoms with Gasteiger partial charge in [-0.2, -0.15) is 5.48 Å². The van der Waals surface area contributed by atoms with Gasteiger partial charge in [-0.25, -0.2) is 4.79 Å². The van der Waals surface area contributed by atoms with E-state index >= 15 is 0 Å². The summed E-state index contributed by atoms with van der Waals surface area (Å²) in [7, 11) is 0. The van der Waals surface area contributed by atoms with Crippen molar-refractivity contribution >= 4 is 23.8 Å². The summed E-state index contributed by atoms with van der Waals surface area (Å²) >= 11 is 0. The van der Waals surface area contributed by atoms with Gasteiger partial charge in [-0.15, -0.1) is 6.42 Å². The molecular formula is C22H30N4O7. The average molecular weight is 463 g/mol. The van der Waals surface area contributed by atoms with Crippen LogP contribution in [0.2, 0.25) is 0 Å². The highest BCUT2D eigenvalue weighted by Crippen LogP contribution is 2.06. The largest absolute Gasteiger partial charge is 0.442 e. The molecule has 0 bridgehead atoms. The minimum absolute atomic E-state index is 0.129. The Morgan fingerprint density at radius 3 is 2.00 bits per heavy atom. The topological polar surface area (TPSA) is 144 Å². The molecule has 0 aromatic heterocycles. The van der Waals surface area contributed by atoms with E-state index in [9.17, 15) is 19.2 Å². The molecule has 180 valence electrons. The third-order valence-electron chi connectivity index (χ3n) is 3.62. The zero-order chi connectivity index (χ0) is 24.7. The number of hydrogen-bond acceptors (Lipinski definition) is 7. The lowest BCUT2D eigenvalue weighted by atomic mass is 10.1. The second-order valence-corrected chi connectivity index (χ2v) is 7.58. The highest BCUT2D eigenvalue weighted by molar-refractivity contribution is 5.97. The fourth-order valence-electron chi connectivity index (χ4n) is 2.22. The molecule has 1 aromatic rings. The predicted molar refractivity (Wildman–Crippen MR) is 119 cm³/mol. The summed E-state index contributed by atoms with van der Waals surface area (Å²) in [6, 6.07) is 6.14. The van der Waals surface area contributed by atoms with Crippen molar-refractivity contribution in [3.8, 4) is 12.3 Å². The first-order valence-electron chi connectivity index (χ1n) is 10.2. The number of carbonyl (C=O) groups is 4. The van der Waals surface area contributed by atoms with Crippen LogP contribution in [-0.4, -0.2) is 68.9 Å². The van der Waals surface area contributed by atoms with Crippen LogP contribution < -0.4 is 21.4 Å². The molecule has 11 nitrogen and oxygen atoms in total. The van der Waals surface area contributed by atoms with Crippen molar-refractivity contribution < 1.29 is 33.5 Å². The normalized spacial score (nSPS) is 10.5. The number of hydrogen-bond donors (Lipinski definition) is 4. The molecule has 4 amide bonds. The first-order valence-corrected chi connectivity index (χ1v) is 10.2. The Kier molecular flexibility index (Phi) is 12.0. The van der Waals surface area contributed by atoms with Crippen molar-refractivity contribution in [3.05, 3.63) is 35.4 Å². The Morgan fingerprint density at radius 1 is 0.909 bits per heavy atom. The van der Waals surface area contributed by atoms with Crippen molar-refractivity contribution in [3.63, 3.8) is 0 Å². The zero-order valence-electron chi connectivity index (χ0n) is 19.0. The smallest absolute Gasteiger partial charge is 0.431 e. The number of hydroxylamine groups is 1. The maximum Gasteiger partial charge on any atom is 0.431 e. The maximum atomic E-state index is 12.1. The van der Waals surface area contributed by atoms with Crippen molar-refractivity contribution in [1.29, 1.82) is 0 Å². The molecule has 0 aliphatic rings. The first-order chi connectivity index (χ1) is 15.6. The van der Waals surface area contributed by atoms with E-state index in [1.165, 1.54) is 24.3 Å². The number of benzene rings is 1. The zero-order valence-corrected chi connectivity index (χ0v) is 19.0. The minimum atomic E-state index is -0.790. The van der Waals surface area contributed by atoms with Gasteiger partial charge in [0.25, 0.3) is 11.8 Å². The van der Waals surface area contributed by atoms with E-state index < -0.39 is 17.6 Å². The molecule has 0 fully saturated rings. The van der Waals surface area contributed by atoms with Gasteiger partial charge in [0, 0.05) is 24.2 Å². The summed E-state index contributed by atoms with van der Waals surface area (Å²) in [6.45, 7) is 5.82. The van der Waals surface area contributed by atoms with Crippen LogP contribution in [-0.2, 0) is 19.1 Å². The highest BCUT2D eigenvalue weighted by atomic mass is 16.7. The summed E-state index contributed by atoms with van der Waals surface area (Å²) in [5.74, 6) is 1.24. The second-order valence-electron chi connectivity index (χ2n) is 7.58. The molecule has 0 atom stereocenters. The van der Waals surface area contributed by atoms with E-state index in [0.29, 0.717) is 11.1 Å². The van der Waals surface area contributed by atoms with Crippen LogP contribution in [0.4, 0.5) is 4.79 Å². The van der Waals surface area contributed by atoms with Crippen molar-refractivity contribution in [1.82, 2.24) is 21.4 Å². The number of rotatable bonds is 12. The van der Waals surface area contributed by atoms with E-state index in [1.54, 1.807) is 20.8 Å². The molecule has 0 aliphatic carbocycles. The molecule has 0 heterocycles. The fourth-order valence-corrected chi connectivity index (χ4v) is 2.22. The summed E-state index contributed by atoms with van der Waals surface area (Å²) in [6.07, 6.45) is 4.30. The molecular weight excluding hydrogens is 432 g/mol. The van der Waals surface area contributed by atoms with Gasteiger partial charge in [-0.3, -0.25) is 19.2 Å². The summed E-state index contributed by atoms with van der Waals surface area (Å²) in [5.41, 5.74) is 2.14. The molecule has 4 N–H and O–H groups in total. The van der Waals surface area contributed by atoms with Crippen LogP contribution in [0, 0.1) is 12.3 Å². The van der Waals surface area contributed by atoms with Crippen molar-refractivity contribution in [2.24, 2.45) is 0 Å². The lowest BCUT2D eigenvalue weighted by Gasteiger charge is -2.19. The Balaban J connectivity index is 2.11. The second kappa shape index (κ2) is 14.4. The molecule has 0 saturated heterocycles. The van der Waals surface area contributed by atoms with Crippen LogP contribution in [0.25, 0.3) is 0 Å². The lowest BCUT2D eigenvalue weighted by Crippen LogP contribution is -2.37. The molecule has 0 unspecified atom stereocenters. The lowest BCUT2D eigenvalue weighted by molar-refractivity contribution is -0.128. The van der Waals surface area contributed by atoms with E-state index in [0.717, 1.165) is 0 Å². The Bertz CT molecular complexity index is 842. The van der Waals surface area contributed by atoms with Gasteiger partial charge >= 0.3 is 6.09 Å². The van der Waals surface area contributed by atoms with Gasteiger partial charge in [0.1, 0.15) is 5.60 Å². The SMILES string of the molecule is C#CCNC(=O)c1ccc(C(=O)NCCOCCNC(=O)CONC(=O)OC(C)(C)C)cc1. The minimum Gasteiger partial charge on any atom is -0.442 e. The van der Waals surface area contributed by atoms with Crippen LogP contribution in [0.15, 0.2) is 24.3 Å². The molecule has 1 aromatic carbocycles. The van der Waals surface area contributed by atoms with E-state index in [4.69, 9.17) is 20.7 Å². The number of amides is 4. The van der Waals surface area contributed by atoms with Crippen molar-refractivity contribution in [2.45, 2.75) is 26.4 Å². The third kappa shape index (κ3) is 12.7. The van der Waals surface area contributed by atoms with E-state index in [1.807, 2.05) is 5.48 Å². The van der Waals surface area contributed by atoms with Gasteiger partial charge in [0.05, 0.1) is 19.8 Å². The van der Waals surface area contributed by atoms with Crippen LogP contribution >= 0.6 is 0 Å². The van der Waals surface area contributed by atoms with Crippen molar-refractivity contribution in [2.75, 3.05) is 39.5 Å². The van der Waals surface area contributed by atoms with Crippen LogP contribution in [0.3, 0.4) is 0 Å². The standard InChI is InChI=1S/C22H30N4O7/c1-5-10-24-19(28)16-6-8-17(9-7-16)20(29)25-12-14-31-13-11-23-18(27)15-32-26-21(30)33-22(2,3)4/h1,6-9H,10-15H2,2-4H3,(H,23,27)(H,24,28)(H,25,29)(H,26,30). The Labute approximate surface area is 192 Å². The monoisotopic (exact) mass is 462 g/mol. The Morgan fingerprint density at radius 2 is 1.45 bits per heavy atom. The van der Waals surface area contributed by atoms with Gasteiger partial charge in [0.2, 0.25) is 5.91 Å². The van der Waals surface area contributed by atoms with E-state index in [2.05, 4.69) is 21.9 Å². The van der Waals surface area contributed by atoms with Gasteiger partial charge < -0.3 is 25.4 Å². The highest BCUT2D eigenvalue weighted by Gasteiger charge is 2.16. The van der Waals surface area contributed by atoms with Gasteiger partial charge in [-0.1, -0.05) is 5.92 Å². The number of nitrogens with one attached hydrogen (secondary N) is 4. The quantitative estimate of drug-likeness (QED) is 0.200. The summed E-state index contributed by atoms with van der Waals surface area (Å²) < 4.78 is 10.3. The van der Waals surface area contributed by atoms with Crippen LogP contribution in [0.5, 0.6) is 0 Å². The van der Waals surface area contributed by atoms with Gasteiger partial charge in [0.15, 0.2) is 6.61 Å². The average Bonchev–Trinajstić information content (AvgIpc) is 2.75. The summed E-state index contributed by atoms with van der Waals surface area (Å²) in [4.78, 5) is 51.6. The Hall–Kier alpha value is -3.62. The number of carbonyl (C=O) groups excluding carboxylic acids is 4. The number of terminal acetylenes is 1. The molecule has 1 rings (SSSR count).